The van der Waals surface area contributed by atoms with Crippen LogP contribution in [0.1, 0.15) is 11.1 Å². The van der Waals surface area contributed by atoms with Crippen molar-refractivity contribution in [2.45, 2.75) is 18.7 Å². The lowest BCUT2D eigenvalue weighted by molar-refractivity contribution is -0.146. The standard InChI is InChI=1S/C10H9F3O3/c11-10(12,13)7-3-1-2-6(4-7)5-8(14)9(15)16/h1-4,8,14H,5H2,(H,15,16)/t8-/m1/s1. The first-order valence-corrected chi connectivity index (χ1v) is 4.37. The fraction of sp³-hybridized carbons (Fsp3) is 0.300. The second-order valence-corrected chi connectivity index (χ2v) is 3.26. The van der Waals surface area contributed by atoms with Crippen molar-refractivity contribution in [2.75, 3.05) is 0 Å². The van der Waals surface area contributed by atoms with Crippen LogP contribution in [0.4, 0.5) is 13.2 Å². The summed E-state index contributed by atoms with van der Waals surface area (Å²) in [6.07, 6.45) is -6.51. The molecular weight excluding hydrogens is 225 g/mol. The number of halogens is 3. The molecule has 0 aliphatic heterocycles. The molecule has 0 bridgehead atoms. The van der Waals surface area contributed by atoms with Crippen LogP contribution in [0, 0.1) is 0 Å². The highest BCUT2D eigenvalue weighted by Gasteiger charge is 2.30. The molecule has 1 aromatic carbocycles. The number of carboxylic acid groups (broad SMARTS) is 1. The molecule has 0 saturated heterocycles. The normalized spacial score (nSPS) is 13.5. The Labute approximate surface area is 89.1 Å². The molecule has 0 fully saturated rings. The van der Waals surface area contributed by atoms with Gasteiger partial charge in [-0.1, -0.05) is 18.2 Å². The van der Waals surface area contributed by atoms with Crippen LogP contribution in [0.2, 0.25) is 0 Å². The molecule has 0 aromatic heterocycles. The van der Waals surface area contributed by atoms with Crippen LogP contribution in [0.15, 0.2) is 24.3 Å². The van der Waals surface area contributed by atoms with E-state index in [4.69, 9.17) is 10.2 Å². The van der Waals surface area contributed by atoms with E-state index in [1.165, 1.54) is 12.1 Å². The Morgan fingerprint density at radius 3 is 2.50 bits per heavy atom. The Hall–Kier alpha value is -1.56. The lowest BCUT2D eigenvalue weighted by Gasteiger charge is -2.09. The molecular formula is C10H9F3O3. The Morgan fingerprint density at radius 2 is 2.00 bits per heavy atom. The van der Waals surface area contributed by atoms with Gasteiger partial charge in [-0.3, -0.25) is 0 Å². The van der Waals surface area contributed by atoms with Crippen molar-refractivity contribution in [1.29, 1.82) is 0 Å². The molecule has 0 spiro atoms. The first-order chi connectivity index (χ1) is 7.30. The van der Waals surface area contributed by atoms with E-state index in [0.717, 1.165) is 12.1 Å². The number of hydrogen-bond donors (Lipinski definition) is 2. The highest BCUT2D eigenvalue weighted by atomic mass is 19.4. The van der Waals surface area contributed by atoms with E-state index >= 15 is 0 Å². The number of carboxylic acids is 1. The summed E-state index contributed by atoms with van der Waals surface area (Å²) < 4.78 is 36.9. The van der Waals surface area contributed by atoms with Gasteiger partial charge in [0, 0.05) is 6.42 Å². The van der Waals surface area contributed by atoms with Crippen LogP contribution in [-0.2, 0) is 17.4 Å². The molecule has 1 atom stereocenters. The van der Waals surface area contributed by atoms with E-state index in [2.05, 4.69) is 0 Å². The maximum atomic E-state index is 12.3. The molecule has 0 radical (unpaired) electrons. The van der Waals surface area contributed by atoms with Gasteiger partial charge >= 0.3 is 12.1 Å². The third kappa shape index (κ3) is 3.23. The molecule has 0 aliphatic carbocycles. The highest BCUT2D eigenvalue weighted by molar-refractivity contribution is 5.72. The average molecular weight is 234 g/mol. The van der Waals surface area contributed by atoms with Crippen LogP contribution in [0.3, 0.4) is 0 Å². The second-order valence-electron chi connectivity index (χ2n) is 3.26. The van der Waals surface area contributed by atoms with E-state index in [0.29, 0.717) is 0 Å². The molecule has 0 unspecified atom stereocenters. The minimum atomic E-state index is -4.47. The molecule has 0 aliphatic rings. The van der Waals surface area contributed by atoms with Crippen molar-refractivity contribution in [3.63, 3.8) is 0 Å². The summed E-state index contributed by atoms with van der Waals surface area (Å²) in [5.41, 5.74) is -0.729. The number of carbonyl (C=O) groups is 1. The lowest BCUT2D eigenvalue weighted by atomic mass is 10.0. The quantitative estimate of drug-likeness (QED) is 0.836. The van der Waals surface area contributed by atoms with Gasteiger partial charge < -0.3 is 10.2 Å². The monoisotopic (exact) mass is 234 g/mol. The van der Waals surface area contributed by atoms with Crippen molar-refractivity contribution in [2.24, 2.45) is 0 Å². The van der Waals surface area contributed by atoms with Crippen molar-refractivity contribution in [3.05, 3.63) is 35.4 Å². The largest absolute Gasteiger partial charge is 0.479 e. The maximum absolute atomic E-state index is 12.3. The molecule has 2 N–H and O–H groups in total. The van der Waals surface area contributed by atoms with Gasteiger partial charge in [0.2, 0.25) is 0 Å². The average Bonchev–Trinajstić information content (AvgIpc) is 2.16. The van der Waals surface area contributed by atoms with Crippen LogP contribution in [0.5, 0.6) is 0 Å². The van der Waals surface area contributed by atoms with E-state index < -0.39 is 23.8 Å². The number of aliphatic carboxylic acids is 1. The summed E-state index contributed by atoms with van der Waals surface area (Å²) in [4.78, 5) is 10.3. The highest BCUT2D eigenvalue weighted by Crippen LogP contribution is 2.29. The van der Waals surface area contributed by atoms with Crippen LogP contribution < -0.4 is 0 Å². The first-order valence-electron chi connectivity index (χ1n) is 4.37. The fourth-order valence-corrected chi connectivity index (χ4v) is 1.19. The van der Waals surface area contributed by atoms with Crippen LogP contribution in [0.25, 0.3) is 0 Å². The lowest BCUT2D eigenvalue weighted by Crippen LogP contribution is -2.22. The van der Waals surface area contributed by atoms with Crippen molar-refractivity contribution in [3.8, 4) is 0 Å². The maximum Gasteiger partial charge on any atom is 0.416 e. The summed E-state index contributed by atoms with van der Waals surface area (Å²) >= 11 is 0. The van der Waals surface area contributed by atoms with E-state index in [9.17, 15) is 18.0 Å². The Kier molecular flexibility index (Phi) is 3.54. The van der Waals surface area contributed by atoms with Crippen LogP contribution >= 0.6 is 0 Å². The Bertz CT molecular complexity index is 387. The van der Waals surface area contributed by atoms with Crippen LogP contribution in [-0.4, -0.2) is 22.3 Å². The molecule has 3 nitrogen and oxygen atoms in total. The summed E-state index contributed by atoms with van der Waals surface area (Å²) in [7, 11) is 0. The summed E-state index contributed by atoms with van der Waals surface area (Å²) in [5.74, 6) is -1.46. The molecule has 1 aromatic rings. The number of benzene rings is 1. The van der Waals surface area contributed by atoms with Crippen molar-refractivity contribution < 1.29 is 28.2 Å². The minimum absolute atomic E-state index is 0.129. The van der Waals surface area contributed by atoms with Gasteiger partial charge in [0.15, 0.2) is 6.10 Å². The second kappa shape index (κ2) is 4.52. The molecule has 1 rings (SSSR count). The van der Waals surface area contributed by atoms with E-state index in [1.807, 2.05) is 0 Å². The molecule has 16 heavy (non-hydrogen) atoms. The summed E-state index contributed by atoms with van der Waals surface area (Å²) in [6.45, 7) is 0. The van der Waals surface area contributed by atoms with Gasteiger partial charge in [-0.15, -0.1) is 0 Å². The topological polar surface area (TPSA) is 57.5 Å². The predicted octanol–water partition coefficient (Wildman–Crippen LogP) is 1.69. The molecule has 88 valence electrons. The molecule has 6 heteroatoms. The number of alkyl halides is 3. The third-order valence-electron chi connectivity index (χ3n) is 1.97. The van der Waals surface area contributed by atoms with E-state index in [1.54, 1.807) is 0 Å². The van der Waals surface area contributed by atoms with E-state index in [-0.39, 0.29) is 12.0 Å². The summed E-state index contributed by atoms with van der Waals surface area (Å²) in [5, 5.41) is 17.4. The zero-order valence-corrected chi connectivity index (χ0v) is 8.03. The third-order valence-corrected chi connectivity index (χ3v) is 1.97. The van der Waals surface area contributed by atoms with Gasteiger partial charge in [-0.25, -0.2) is 4.79 Å². The van der Waals surface area contributed by atoms with Crippen molar-refractivity contribution >= 4 is 5.97 Å². The minimum Gasteiger partial charge on any atom is -0.479 e. The van der Waals surface area contributed by atoms with Gasteiger partial charge in [-0.05, 0) is 11.6 Å². The summed E-state index contributed by atoms with van der Waals surface area (Å²) in [6, 6.07) is 4.22. The Balaban J connectivity index is 2.87. The smallest absolute Gasteiger partial charge is 0.416 e. The van der Waals surface area contributed by atoms with Gasteiger partial charge in [0.1, 0.15) is 0 Å². The van der Waals surface area contributed by atoms with Gasteiger partial charge in [-0.2, -0.15) is 13.2 Å². The molecule has 0 amide bonds. The fourth-order valence-electron chi connectivity index (χ4n) is 1.19. The van der Waals surface area contributed by atoms with Crippen molar-refractivity contribution in [1.82, 2.24) is 0 Å². The zero-order valence-electron chi connectivity index (χ0n) is 8.03. The van der Waals surface area contributed by atoms with Gasteiger partial charge in [0.25, 0.3) is 0 Å². The zero-order chi connectivity index (χ0) is 12.3. The predicted molar refractivity (Wildman–Crippen MR) is 48.8 cm³/mol. The number of hydrogen-bond acceptors (Lipinski definition) is 2. The number of rotatable bonds is 3. The number of aliphatic hydroxyl groups is 1. The molecule has 0 heterocycles. The number of aliphatic hydroxyl groups excluding tert-OH is 1. The van der Waals surface area contributed by atoms with Gasteiger partial charge in [0.05, 0.1) is 5.56 Å². The Morgan fingerprint density at radius 1 is 1.38 bits per heavy atom. The first kappa shape index (κ1) is 12.5. The SMILES string of the molecule is O=C(O)[C@H](O)Cc1cccc(C(F)(F)F)c1. The molecule has 0 saturated carbocycles.